The number of aromatic nitrogens is 2. The molecule has 0 saturated heterocycles. The molecule has 3 aromatic rings. The second kappa shape index (κ2) is 14.3. The van der Waals surface area contributed by atoms with E-state index in [1.165, 1.54) is 10.9 Å². The molecule has 1 heterocycles. The van der Waals surface area contributed by atoms with Crippen LogP contribution < -0.4 is 10.1 Å². The van der Waals surface area contributed by atoms with Gasteiger partial charge in [-0.3, -0.25) is 9.36 Å². The van der Waals surface area contributed by atoms with E-state index in [-0.39, 0.29) is 19.2 Å². The molecule has 0 aliphatic carbocycles. The Morgan fingerprint density at radius 3 is 2.35 bits per heavy atom. The average molecular weight is 528 g/mol. The Bertz CT molecular complexity index is 1030. The van der Waals surface area contributed by atoms with E-state index < -0.39 is 5.97 Å². The number of aliphatic carboxylic acids is 1. The van der Waals surface area contributed by atoms with Crippen molar-refractivity contribution >= 4 is 52.5 Å². The van der Waals surface area contributed by atoms with E-state index in [0.29, 0.717) is 33.9 Å². The highest BCUT2D eigenvalue weighted by Crippen LogP contribution is 2.35. The molecule has 34 heavy (non-hydrogen) atoms. The largest absolute Gasteiger partial charge is 0.489 e. The van der Waals surface area contributed by atoms with Gasteiger partial charge < -0.3 is 20.1 Å². The molecule has 1 amide bonds. The number of ether oxygens (including phenoxy) is 1. The molecule has 0 saturated carbocycles. The lowest BCUT2D eigenvalue weighted by Crippen LogP contribution is -2.37. The molecule has 1 aromatic heterocycles. The molecule has 3 rings (SSSR count). The van der Waals surface area contributed by atoms with Crippen molar-refractivity contribution in [2.75, 3.05) is 31.6 Å². The summed E-state index contributed by atoms with van der Waals surface area (Å²) in [5.41, 5.74) is 0.829. The summed E-state index contributed by atoms with van der Waals surface area (Å²) in [6.07, 6.45) is 5.48. The highest BCUT2D eigenvalue weighted by molar-refractivity contribution is 6.40. The number of carboxylic acids is 1. The van der Waals surface area contributed by atoms with Crippen LogP contribution in [-0.4, -0.2) is 57.8 Å². The van der Waals surface area contributed by atoms with Gasteiger partial charge >= 0.3 is 12.0 Å². The number of nitrogens with zero attached hydrogens (tertiary/aromatic N) is 3. The van der Waals surface area contributed by atoms with E-state index in [0.717, 1.165) is 12.1 Å². The number of nitrogens with one attached hydrogen (secondary N) is 1. The lowest BCUT2D eigenvalue weighted by Gasteiger charge is -2.22. The molecule has 8 nitrogen and oxygen atoms in total. The Labute approximate surface area is 213 Å². The highest BCUT2D eigenvalue weighted by Gasteiger charge is 2.15. The van der Waals surface area contributed by atoms with E-state index in [4.69, 9.17) is 44.6 Å². The van der Waals surface area contributed by atoms with E-state index in [2.05, 4.69) is 10.3 Å². The molecule has 2 N–H and O–H groups in total. The number of halogens is 3. The third kappa shape index (κ3) is 9.13. The zero-order valence-electron chi connectivity index (χ0n) is 18.5. The van der Waals surface area contributed by atoms with Crippen molar-refractivity contribution < 1.29 is 19.4 Å². The van der Waals surface area contributed by atoms with Crippen LogP contribution in [0.4, 0.5) is 10.5 Å². The van der Waals surface area contributed by atoms with Crippen molar-refractivity contribution in [3.63, 3.8) is 0 Å². The minimum Gasteiger partial charge on any atom is -0.489 e. The number of hydrogen-bond acceptors (Lipinski definition) is 5. The van der Waals surface area contributed by atoms with Gasteiger partial charge in [-0.1, -0.05) is 59.9 Å². The van der Waals surface area contributed by atoms with Gasteiger partial charge in [0, 0.05) is 29.6 Å². The molecule has 0 unspecified atom stereocenters. The fraction of sp³-hybridized carbons (Fsp3) is 0.261. The Hall–Kier alpha value is -2.94. The first-order chi connectivity index (χ1) is 16.3. The zero-order chi connectivity index (χ0) is 24.9. The Kier molecular flexibility index (Phi) is 11.5. The Morgan fingerprint density at radius 2 is 1.79 bits per heavy atom. The van der Waals surface area contributed by atoms with Gasteiger partial charge in [0.1, 0.15) is 19.5 Å². The quantitative estimate of drug-likeness (QED) is 0.366. The van der Waals surface area contributed by atoms with Gasteiger partial charge in [0.25, 0.3) is 0 Å². The third-order valence-corrected chi connectivity index (χ3v) is 5.06. The van der Waals surface area contributed by atoms with Gasteiger partial charge in [0.15, 0.2) is 5.75 Å². The lowest BCUT2D eigenvalue weighted by atomic mass is 10.3. The third-order valence-electron chi connectivity index (χ3n) is 4.28. The first-order valence-corrected chi connectivity index (χ1v) is 11.5. The standard InChI is InChI=1S/C15H16Cl3N3O2.C8H9NO2/c1-2-4-20(15(22)21-5-3-19-10-21)6-7-23-14-12(17)8-11(16)9-13(14)18;10-8(11)6-9-7-4-2-1-3-5-7/h3,5,8-10H,2,4,6-7H2,1H3;1-5,9H,6H2,(H,10,11). The molecular weight excluding hydrogens is 503 g/mol. The van der Waals surface area contributed by atoms with Gasteiger partial charge in [-0.2, -0.15) is 0 Å². The zero-order valence-corrected chi connectivity index (χ0v) is 20.7. The van der Waals surface area contributed by atoms with Crippen LogP contribution in [0.1, 0.15) is 13.3 Å². The van der Waals surface area contributed by atoms with Crippen molar-refractivity contribution in [1.82, 2.24) is 14.5 Å². The first kappa shape index (κ1) is 27.3. The second-order valence-electron chi connectivity index (χ2n) is 6.90. The summed E-state index contributed by atoms with van der Waals surface area (Å²) in [5.74, 6) is -0.488. The highest BCUT2D eigenvalue weighted by atomic mass is 35.5. The number of anilines is 1. The SMILES string of the molecule is CCCN(CCOc1c(Cl)cc(Cl)cc1Cl)C(=O)n1ccnc1.O=C(O)CNc1ccccc1. The van der Waals surface area contributed by atoms with Gasteiger partial charge in [-0.05, 0) is 30.7 Å². The Balaban J connectivity index is 0.000000310. The number of carbonyl (C=O) groups excluding carboxylic acids is 1. The molecule has 0 aliphatic heterocycles. The van der Waals surface area contributed by atoms with E-state index >= 15 is 0 Å². The molecule has 0 atom stereocenters. The summed E-state index contributed by atoms with van der Waals surface area (Å²) in [6, 6.07) is 12.2. The number of imidazole rings is 1. The van der Waals surface area contributed by atoms with E-state index in [9.17, 15) is 9.59 Å². The fourth-order valence-corrected chi connectivity index (χ4v) is 3.69. The first-order valence-electron chi connectivity index (χ1n) is 10.4. The molecule has 182 valence electrons. The van der Waals surface area contributed by atoms with Crippen LogP contribution in [0.25, 0.3) is 0 Å². The van der Waals surface area contributed by atoms with Crippen LogP contribution in [0.15, 0.2) is 61.2 Å². The number of hydrogen-bond donors (Lipinski definition) is 2. The summed E-state index contributed by atoms with van der Waals surface area (Å²) in [6.45, 7) is 3.25. The van der Waals surface area contributed by atoms with Crippen LogP contribution >= 0.6 is 34.8 Å². The number of benzene rings is 2. The van der Waals surface area contributed by atoms with Gasteiger partial charge in [0.05, 0.1) is 16.6 Å². The number of amides is 1. The number of carbonyl (C=O) groups is 2. The average Bonchev–Trinajstić information content (AvgIpc) is 3.34. The van der Waals surface area contributed by atoms with Crippen molar-refractivity contribution in [2.45, 2.75) is 13.3 Å². The predicted molar refractivity (Wildman–Crippen MR) is 134 cm³/mol. The molecule has 11 heteroatoms. The van der Waals surface area contributed by atoms with Crippen LogP contribution in [0.3, 0.4) is 0 Å². The molecular formula is C23H25Cl3N4O4. The summed E-state index contributed by atoms with van der Waals surface area (Å²) < 4.78 is 7.05. The summed E-state index contributed by atoms with van der Waals surface area (Å²) in [4.78, 5) is 28.0. The number of rotatable bonds is 9. The predicted octanol–water partition coefficient (Wildman–Crippen LogP) is 5.79. The van der Waals surface area contributed by atoms with Crippen molar-refractivity contribution in [3.8, 4) is 5.75 Å². The van der Waals surface area contributed by atoms with Crippen LogP contribution in [0.2, 0.25) is 15.1 Å². The van der Waals surface area contributed by atoms with Crippen LogP contribution in [0, 0.1) is 0 Å². The van der Waals surface area contributed by atoms with Gasteiger partial charge in [-0.15, -0.1) is 0 Å². The molecule has 0 bridgehead atoms. The summed E-state index contributed by atoms with van der Waals surface area (Å²) in [7, 11) is 0. The smallest absolute Gasteiger partial charge is 0.329 e. The Morgan fingerprint density at radius 1 is 1.12 bits per heavy atom. The van der Waals surface area contributed by atoms with E-state index in [1.807, 2.05) is 37.3 Å². The van der Waals surface area contributed by atoms with Crippen molar-refractivity contribution in [2.24, 2.45) is 0 Å². The maximum absolute atomic E-state index is 12.3. The maximum atomic E-state index is 12.3. The summed E-state index contributed by atoms with van der Waals surface area (Å²) in [5, 5.41) is 12.2. The second-order valence-corrected chi connectivity index (χ2v) is 8.15. The molecule has 0 aliphatic rings. The molecule has 0 spiro atoms. The van der Waals surface area contributed by atoms with Gasteiger partial charge in [0.2, 0.25) is 0 Å². The van der Waals surface area contributed by atoms with E-state index in [1.54, 1.807) is 29.4 Å². The number of carboxylic acid groups (broad SMARTS) is 1. The maximum Gasteiger partial charge on any atom is 0.329 e. The minimum absolute atomic E-state index is 0.0377. The van der Waals surface area contributed by atoms with Crippen LogP contribution in [0.5, 0.6) is 5.75 Å². The van der Waals surface area contributed by atoms with Crippen molar-refractivity contribution in [1.29, 1.82) is 0 Å². The van der Waals surface area contributed by atoms with Gasteiger partial charge in [-0.25, -0.2) is 9.78 Å². The molecule has 0 radical (unpaired) electrons. The fourth-order valence-electron chi connectivity index (χ4n) is 2.77. The lowest BCUT2D eigenvalue weighted by molar-refractivity contribution is -0.134. The minimum atomic E-state index is -0.853. The normalized spacial score (nSPS) is 10.1. The monoisotopic (exact) mass is 526 g/mol. The summed E-state index contributed by atoms with van der Waals surface area (Å²) >= 11 is 18.0. The number of para-hydroxylation sites is 1. The molecule has 0 fully saturated rings. The topological polar surface area (TPSA) is 96.7 Å². The van der Waals surface area contributed by atoms with Crippen LogP contribution in [-0.2, 0) is 4.79 Å². The molecule has 2 aromatic carbocycles. The van der Waals surface area contributed by atoms with Crippen molar-refractivity contribution in [3.05, 3.63) is 76.3 Å².